The Morgan fingerprint density at radius 1 is 1.09 bits per heavy atom. The van der Waals surface area contributed by atoms with E-state index in [0.717, 1.165) is 63.6 Å². The molecule has 1 atom stereocenters. The van der Waals surface area contributed by atoms with Gasteiger partial charge >= 0.3 is 12.1 Å². The second-order valence-electron chi connectivity index (χ2n) is 10.3. The van der Waals surface area contributed by atoms with Crippen molar-refractivity contribution >= 4 is 16.7 Å². The smallest absolute Gasteiger partial charge is 0.420 e. The van der Waals surface area contributed by atoms with Crippen LogP contribution in [0.25, 0.3) is 10.8 Å². The van der Waals surface area contributed by atoms with Gasteiger partial charge in [0.15, 0.2) is 0 Å². The first-order valence-electron chi connectivity index (χ1n) is 13.0. The lowest BCUT2D eigenvalue weighted by Crippen LogP contribution is -2.37. The van der Waals surface area contributed by atoms with Crippen LogP contribution in [0.3, 0.4) is 0 Å². The Kier molecular flexibility index (Phi) is 8.25. The number of nitrogens with zero attached hydrogens (tertiary/aromatic N) is 1. The van der Waals surface area contributed by atoms with Crippen molar-refractivity contribution in [2.24, 2.45) is 11.8 Å². The van der Waals surface area contributed by atoms with Crippen molar-refractivity contribution in [1.29, 1.82) is 0 Å². The Bertz CT molecular complexity index is 1010. The summed E-state index contributed by atoms with van der Waals surface area (Å²) < 4.78 is 48.8. The van der Waals surface area contributed by atoms with Crippen LogP contribution >= 0.6 is 0 Å². The van der Waals surface area contributed by atoms with E-state index >= 15 is 0 Å². The molecule has 2 aromatic carbocycles. The topological polar surface area (TPSA) is 49.8 Å². The van der Waals surface area contributed by atoms with Gasteiger partial charge in [0.25, 0.3) is 0 Å². The number of carboxylic acid groups (broad SMARTS) is 1. The lowest BCUT2D eigenvalue weighted by atomic mass is 9.86. The van der Waals surface area contributed by atoms with Crippen LogP contribution in [0.15, 0.2) is 30.3 Å². The Morgan fingerprint density at radius 3 is 2.51 bits per heavy atom. The first-order chi connectivity index (χ1) is 16.7. The van der Waals surface area contributed by atoms with E-state index in [2.05, 4.69) is 11.8 Å². The lowest BCUT2D eigenvalue weighted by Gasteiger charge is -2.32. The summed E-state index contributed by atoms with van der Waals surface area (Å²) in [5, 5.41) is 9.83. The molecular weight excluding hydrogens is 455 g/mol. The maximum atomic E-state index is 14.3. The van der Waals surface area contributed by atoms with Crippen LogP contribution in [0.4, 0.5) is 13.2 Å². The number of aliphatic carboxylic acids is 1. The highest BCUT2D eigenvalue weighted by molar-refractivity contribution is 5.89. The summed E-state index contributed by atoms with van der Waals surface area (Å²) in [6, 6.07) is 8.53. The molecule has 4 nitrogen and oxygen atoms in total. The van der Waals surface area contributed by atoms with Crippen molar-refractivity contribution in [2.75, 3.05) is 19.6 Å². The van der Waals surface area contributed by atoms with E-state index in [9.17, 15) is 18.0 Å². The molecule has 0 spiro atoms. The lowest BCUT2D eigenvalue weighted by molar-refractivity contribution is -0.139. The third-order valence-electron chi connectivity index (χ3n) is 7.78. The molecule has 2 aromatic rings. The van der Waals surface area contributed by atoms with Crippen molar-refractivity contribution < 1.29 is 27.8 Å². The quantitative estimate of drug-likeness (QED) is 0.435. The fraction of sp³-hybridized carbons (Fsp3) is 0.607. The second kappa shape index (κ2) is 11.2. The van der Waals surface area contributed by atoms with Gasteiger partial charge in [-0.25, -0.2) is 0 Å². The van der Waals surface area contributed by atoms with E-state index in [0.29, 0.717) is 24.3 Å². The van der Waals surface area contributed by atoms with Gasteiger partial charge in [-0.05, 0) is 85.7 Å². The summed E-state index contributed by atoms with van der Waals surface area (Å²) in [5.74, 6) is -0.0469. The van der Waals surface area contributed by atoms with Crippen molar-refractivity contribution in [3.05, 3.63) is 41.5 Å². The highest BCUT2D eigenvalue weighted by Gasteiger charge is 2.37. The number of alkyl halides is 3. The normalized spacial score (nSPS) is 23.9. The molecule has 0 radical (unpaired) electrons. The molecule has 7 heteroatoms. The number of hydrogen-bond acceptors (Lipinski definition) is 3. The van der Waals surface area contributed by atoms with E-state index in [4.69, 9.17) is 9.84 Å². The monoisotopic (exact) mass is 491 g/mol. The fourth-order valence-electron chi connectivity index (χ4n) is 5.79. The van der Waals surface area contributed by atoms with Gasteiger partial charge in [0, 0.05) is 19.5 Å². The van der Waals surface area contributed by atoms with Crippen molar-refractivity contribution in [3.63, 3.8) is 0 Å². The third-order valence-corrected chi connectivity index (χ3v) is 7.78. The van der Waals surface area contributed by atoms with Gasteiger partial charge in [-0.15, -0.1) is 0 Å². The summed E-state index contributed by atoms with van der Waals surface area (Å²) in [4.78, 5) is 13.3. The number of likely N-dealkylation sites (tertiary alicyclic amines) is 1. The molecule has 1 aliphatic heterocycles. The number of carbonyl (C=O) groups is 1. The highest BCUT2D eigenvalue weighted by atomic mass is 19.4. The van der Waals surface area contributed by atoms with Crippen LogP contribution in [-0.2, 0) is 17.4 Å². The Labute approximate surface area is 205 Å². The number of benzene rings is 2. The fourth-order valence-corrected chi connectivity index (χ4v) is 5.79. The maximum Gasteiger partial charge on any atom is 0.420 e. The summed E-state index contributed by atoms with van der Waals surface area (Å²) >= 11 is 0. The number of hydrogen-bond donors (Lipinski definition) is 1. The number of ether oxygens (including phenoxy) is 1. The zero-order valence-electron chi connectivity index (χ0n) is 20.4. The van der Waals surface area contributed by atoms with Crippen molar-refractivity contribution in [1.82, 2.24) is 4.90 Å². The molecule has 2 aliphatic rings. The molecule has 35 heavy (non-hydrogen) atoms. The van der Waals surface area contributed by atoms with E-state index in [1.165, 1.54) is 6.07 Å². The Hall–Kier alpha value is -2.28. The minimum atomic E-state index is -4.51. The van der Waals surface area contributed by atoms with Gasteiger partial charge < -0.3 is 14.7 Å². The molecule has 1 heterocycles. The predicted octanol–water partition coefficient (Wildman–Crippen LogP) is 6.94. The number of halogens is 3. The molecule has 1 unspecified atom stereocenters. The van der Waals surface area contributed by atoms with Gasteiger partial charge in [0.1, 0.15) is 11.3 Å². The molecule has 4 rings (SSSR count). The molecule has 1 saturated heterocycles. The average Bonchev–Trinajstić information content (AvgIpc) is 2.82. The van der Waals surface area contributed by atoms with Gasteiger partial charge in [-0.2, -0.15) is 13.2 Å². The van der Waals surface area contributed by atoms with Crippen LogP contribution in [0.2, 0.25) is 0 Å². The molecule has 0 aromatic heterocycles. The zero-order valence-corrected chi connectivity index (χ0v) is 20.4. The Balaban J connectivity index is 1.51. The molecule has 1 saturated carbocycles. The van der Waals surface area contributed by atoms with Gasteiger partial charge in [-0.3, -0.25) is 4.79 Å². The predicted molar refractivity (Wildman–Crippen MR) is 131 cm³/mol. The van der Waals surface area contributed by atoms with E-state index < -0.39 is 17.7 Å². The number of fused-ring (bicyclic) bond motifs is 1. The number of rotatable bonds is 8. The summed E-state index contributed by atoms with van der Waals surface area (Å²) in [5.41, 5.74) is 0.179. The van der Waals surface area contributed by atoms with Crippen molar-refractivity contribution in [3.8, 4) is 5.75 Å². The molecule has 0 amide bonds. The summed E-state index contributed by atoms with van der Waals surface area (Å²) in [7, 11) is 0. The molecule has 1 aliphatic carbocycles. The molecular formula is C28H36F3NO3. The van der Waals surface area contributed by atoms with Crippen molar-refractivity contribution in [2.45, 2.75) is 77.0 Å². The third kappa shape index (κ3) is 6.69. The zero-order chi connectivity index (χ0) is 25.0. The first kappa shape index (κ1) is 25.8. The van der Waals surface area contributed by atoms with E-state index in [1.54, 1.807) is 18.2 Å². The van der Waals surface area contributed by atoms with E-state index in [-0.39, 0.29) is 29.6 Å². The van der Waals surface area contributed by atoms with Crippen LogP contribution in [-0.4, -0.2) is 41.7 Å². The summed E-state index contributed by atoms with van der Waals surface area (Å²) in [6.45, 7) is 4.50. The summed E-state index contributed by atoms with van der Waals surface area (Å²) in [6.07, 6.45) is 2.70. The van der Waals surface area contributed by atoms with Crippen LogP contribution in [0.5, 0.6) is 5.75 Å². The van der Waals surface area contributed by atoms with Crippen LogP contribution in [0.1, 0.15) is 69.4 Å². The van der Waals surface area contributed by atoms with Gasteiger partial charge in [0.05, 0.1) is 6.10 Å². The number of carboxylic acids is 1. The number of piperidine rings is 1. The maximum absolute atomic E-state index is 14.3. The first-order valence-corrected chi connectivity index (χ1v) is 13.0. The molecule has 1 N–H and O–H groups in total. The molecule has 0 bridgehead atoms. The minimum absolute atomic E-state index is 0.0605. The average molecular weight is 492 g/mol. The van der Waals surface area contributed by atoms with Gasteiger partial charge in [-0.1, -0.05) is 37.6 Å². The van der Waals surface area contributed by atoms with E-state index in [1.807, 2.05) is 6.07 Å². The van der Waals surface area contributed by atoms with Gasteiger partial charge in [0.2, 0.25) is 0 Å². The van der Waals surface area contributed by atoms with Crippen LogP contribution < -0.4 is 4.74 Å². The molecule has 2 fully saturated rings. The highest BCUT2D eigenvalue weighted by Crippen LogP contribution is 2.43. The van der Waals surface area contributed by atoms with Crippen LogP contribution in [0, 0.1) is 11.8 Å². The standard InChI is InChI=1S/C28H36F3NO3/c1-2-19-6-10-23(11-7-19)35-25-12-9-22-8-5-20(16-24(22)27(25)28(29,30)31)13-15-32-14-3-4-21(18-32)17-26(33)34/h5,8-9,12,16,19,21,23H,2-4,6-7,10-11,13-15,17-18H2,1H3,(H,33,34). The second-order valence-corrected chi connectivity index (χ2v) is 10.3. The molecule has 192 valence electrons. The largest absolute Gasteiger partial charge is 0.490 e. The SMILES string of the molecule is CCC1CCC(Oc2ccc3ccc(CCN4CCCC(CC(=O)O)C4)cc3c2C(F)(F)F)CC1. The minimum Gasteiger partial charge on any atom is -0.490 e. The Morgan fingerprint density at radius 2 is 1.83 bits per heavy atom.